The zero-order valence-corrected chi connectivity index (χ0v) is 8.44. The van der Waals surface area contributed by atoms with Crippen LogP contribution in [0.15, 0.2) is 0 Å². The van der Waals surface area contributed by atoms with Gasteiger partial charge in [0.2, 0.25) is 5.91 Å². The molecule has 1 fully saturated rings. The third-order valence-electron chi connectivity index (χ3n) is 2.51. The van der Waals surface area contributed by atoms with Gasteiger partial charge in [-0.05, 0) is 7.05 Å². The summed E-state index contributed by atoms with van der Waals surface area (Å²) < 4.78 is 0. The second kappa shape index (κ2) is 4.94. The number of piperazine rings is 1. The molecule has 5 nitrogen and oxygen atoms in total. The Morgan fingerprint density at radius 2 is 2.36 bits per heavy atom. The third-order valence-corrected chi connectivity index (χ3v) is 2.51. The number of carbonyl (C=O) groups excluding carboxylic acids is 1. The number of amides is 1. The zero-order valence-electron chi connectivity index (χ0n) is 8.44. The van der Waals surface area contributed by atoms with Crippen LogP contribution in [-0.4, -0.2) is 55.0 Å². The highest BCUT2D eigenvalue weighted by molar-refractivity contribution is 5.78. The van der Waals surface area contributed by atoms with Gasteiger partial charge in [0.25, 0.3) is 0 Å². The summed E-state index contributed by atoms with van der Waals surface area (Å²) in [6, 6.07) is 2.11. The van der Waals surface area contributed by atoms with Gasteiger partial charge in [-0.3, -0.25) is 4.79 Å². The van der Waals surface area contributed by atoms with Crippen molar-refractivity contribution in [3.8, 4) is 6.07 Å². The molecule has 0 aromatic heterocycles. The lowest BCUT2D eigenvalue weighted by Gasteiger charge is -2.38. The quantitative estimate of drug-likeness (QED) is 0.615. The van der Waals surface area contributed by atoms with Crippen molar-refractivity contribution in [1.82, 2.24) is 9.80 Å². The lowest BCUT2D eigenvalue weighted by Crippen LogP contribution is -2.55. The van der Waals surface area contributed by atoms with Gasteiger partial charge in [-0.1, -0.05) is 0 Å². The molecule has 0 saturated carbocycles. The zero-order chi connectivity index (χ0) is 10.6. The Kier molecular flexibility index (Phi) is 3.86. The van der Waals surface area contributed by atoms with Gasteiger partial charge >= 0.3 is 0 Å². The van der Waals surface area contributed by atoms with Crippen LogP contribution in [0.5, 0.6) is 0 Å². The molecule has 1 unspecified atom stereocenters. The molecule has 14 heavy (non-hydrogen) atoms. The lowest BCUT2D eigenvalue weighted by molar-refractivity contribution is -0.134. The second-order valence-electron chi connectivity index (χ2n) is 3.57. The average molecular weight is 196 g/mol. The van der Waals surface area contributed by atoms with Gasteiger partial charge in [0.05, 0.1) is 25.1 Å². The molecule has 78 valence electrons. The first-order valence-electron chi connectivity index (χ1n) is 4.74. The van der Waals surface area contributed by atoms with E-state index in [0.29, 0.717) is 13.0 Å². The van der Waals surface area contributed by atoms with Crippen molar-refractivity contribution >= 4 is 5.91 Å². The summed E-state index contributed by atoms with van der Waals surface area (Å²) in [7, 11) is 1.99. The van der Waals surface area contributed by atoms with E-state index in [0.717, 1.165) is 13.1 Å². The van der Waals surface area contributed by atoms with Gasteiger partial charge in [0.1, 0.15) is 0 Å². The minimum Gasteiger partial charge on any atom is -0.335 e. The molecule has 0 bridgehead atoms. The number of nitrogens with zero attached hydrogens (tertiary/aromatic N) is 3. The van der Waals surface area contributed by atoms with Crippen molar-refractivity contribution in [2.75, 3.05) is 33.2 Å². The molecular weight excluding hydrogens is 180 g/mol. The van der Waals surface area contributed by atoms with Crippen LogP contribution in [0, 0.1) is 11.3 Å². The van der Waals surface area contributed by atoms with E-state index in [-0.39, 0.29) is 18.5 Å². The number of rotatable bonds is 2. The molecule has 1 saturated heterocycles. The predicted octanol–water partition coefficient (Wildman–Crippen LogP) is -0.999. The van der Waals surface area contributed by atoms with Crippen LogP contribution < -0.4 is 5.73 Å². The van der Waals surface area contributed by atoms with Gasteiger partial charge < -0.3 is 15.5 Å². The highest BCUT2D eigenvalue weighted by Gasteiger charge is 2.27. The number of carbonyl (C=O) groups is 1. The predicted molar refractivity (Wildman–Crippen MR) is 52.3 cm³/mol. The largest absolute Gasteiger partial charge is 0.335 e. The molecule has 1 aliphatic rings. The first kappa shape index (κ1) is 11.0. The van der Waals surface area contributed by atoms with Crippen LogP contribution in [0.3, 0.4) is 0 Å². The van der Waals surface area contributed by atoms with Gasteiger partial charge in [0.15, 0.2) is 0 Å². The molecule has 0 radical (unpaired) electrons. The molecule has 0 aliphatic carbocycles. The van der Waals surface area contributed by atoms with Crippen molar-refractivity contribution in [2.24, 2.45) is 5.73 Å². The maximum atomic E-state index is 11.4. The Bertz CT molecular complexity index is 248. The van der Waals surface area contributed by atoms with Crippen LogP contribution in [-0.2, 0) is 4.79 Å². The first-order valence-corrected chi connectivity index (χ1v) is 4.74. The molecule has 1 amide bonds. The number of hydrogen-bond donors (Lipinski definition) is 1. The van der Waals surface area contributed by atoms with Gasteiger partial charge in [-0.25, -0.2) is 0 Å². The minimum absolute atomic E-state index is 0.00907. The molecule has 1 heterocycles. The second-order valence-corrected chi connectivity index (χ2v) is 3.57. The van der Waals surface area contributed by atoms with Crippen LogP contribution in [0.25, 0.3) is 0 Å². The fourth-order valence-corrected chi connectivity index (χ4v) is 1.74. The topological polar surface area (TPSA) is 73.4 Å². The molecule has 0 spiro atoms. The van der Waals surface area contributed by atoms with E-state index in [1.807, 2.05) is 7.05 Å². The van der Waals surface area contributed by atoms with Gasteiger partial charge in [-0.15, -0.1) is 0 Å². The first-order chi connectivity index (χ1) is 6.69. The average Bonchev–Trinajstić information content (AvgIpc) is 2.17. The van der Waals surface area contributed by atoms with Gasteiger partial charge in [-0.2, -0.15) is 5.26 Å². The Morgan fingerprint density at radius 3 is 2.93 bits per heavy atom. The maximum absolute atomic E-state index is 11.4. The van der Waals surface area contributed by atoms with Crippen LogP contribution >= 0.6 is 0 Å². The number of hydrogen-bond acceptors (Lipinski definition) is 4. The summed E-state index contributed by atoms with van der Waals surface area (Å²) >= 11 is 0. The molecular formula is C9H16N4O. The van der Waals surface area contributed by atoms with E-state index in [1.165, 1.54) is 0 Å². The van der Waals surface area contributed by atoms with Crippen LogP contribution in [0.1, 0.15) is 6.42 Å². The van der Waals surface area contributed by atoms with Crippen LogP contribution in [0.4, 0.5) is 0 Å². The fourth-order valence-electron chi connectivity index (χ4n) is 1.74. The van der Waals surface area contributed by atoms with Crippen LogP contribution in [0.2, 0.25) is 0 Å². The van der Waals surface area contributed by atoms with E-state index >= 15 is 0 Å². The Morgan fingerprint density at radius 1 is 1.64 bits per heavy atom. The number of nitrogens with two attached hydrogens (primary N) is 1. The summed E-state index contributed by atoms with van der Waals surface area (Å²) in [5.41, 5.74) is 5.31. The molecule has 1 aliphatic heterocycles. The van der Waals surface area contributed by atoms with Crippen molar-refractivity contribution in [3.05, 3.63) is 0 Å². The summed E-state index contributed by atoms with van der Waals surface area (Å²) in [6.07, 6.45) is 0.385. The van der Waals surface area contributed by atoms with Crippen molar-refractivity contribution < 1.29 is 4.79 Å². The van der Waals surface area contributed by atoms with E-state index in [9.17, 15) is 4.79 Å². The summed E-state index contributed by atoms with van der Waals surface area (Å²) in [5, 5.41) is 8.64. The molecule has 5 heteroatoms. The standard InChI is InChI=1S/C9H16N4O/c1-12-4-5-13(9(14)6-11)8(7-12)2-3-10/h8H,2,4-7,11H2,1H3. The Hall–Kier alpha value is -1.12. The van der Waals surface area contributed by atoms with Crippen molar-refractivity contribution in [1.29, 1.82) is 5.26 Å². The molecule has 1 rings (SSSR count). The minimum atomic E-state index is -0.0571. The lowest BCUT2D eigenvalue weighted by atomic mass is 10.1. The monoisotopic (exact) mass is 196 g/mol. The van der Waals surface area contributed by atoms with E-state index in [2.05, 4.69) is 11.0 Å². The smallest absolute Gasteiger partial charge is 0.236 e. The summed E-state index contributed by atoms with van der Waals surface area (Å²) in [4.78, 5) is 15.3. The number of likely N-dealkylation sites (N-methyl/N-ethyl adjacent to an activating group) is 1. The number of nitriles is 1. The van der Waals surface area contributed by atoms with E-state index in [1.54, 1.807) is 4.90 Å². The SMILES string of the molecule is CN1CCN(C(=O)CN)C(CC#N)C1. The van der Waals surface area contributed by atoms with Crippen molar-refractivity contribution in [3.63, 3.8) is 0 Å². The third kappa shape index (κ3) is 2.44. The van der Waals surface area contributed by atoms with Gasteiger partial charge in [0, 0.05) is 19.6 Å². The van der Waals surface area contributed by atoms with Crippen molar-refractivity contribution in [2.45, 2.75) is 12.5 Å². The Labute approximate surface area is 84.1 Å². The van der Waals surface area contributed by atoms with E-state index in [4.69, 9.17) is 11.0 Å². The highest BCUT2D eigenvalue weighted by Crippen LogP contribution is 2.11. The molecule has 1 atom stereocenters. The Balaban J connectivity index is 2.63. The summed E-state index contributed by atoms with van der Waals surface area (Å²) in [5.74, 6) is -0.0571. The van der Waals surface area contributed by atoms with E-state index < -0.39 is 0 Å². The summed E-state index contributed by atoms with van der Waals surface area (Å²) in [6.45, 7) is 2.33. The highest BCUT2D eigenvalue weighted by atomic mass is 16.2. The molecule has 0 aromatic rings. The fraction of sp³-hybridized carbons (Fsp3) is 0.778. The molecule has 2 N–H and O–H groups in total. The normalized spacial score (nSPS) is 23.2. The molecule has 0 aromatic carbocycles. The maximum Gasteiger partial charge on any atom is 0.236 e.